The number of hydrogen-bond acceptors (Lipinski definition) is 11. The molecule has 4 rings (SSSR count). The molecule has 58 heavy (non-hydrogen) atoms. The van der Waals surface area contributed by atoms with Crippen molar-refractivity contribution >= 4 is 46.9 Å². The lowest BCUT2D eigenvalue weighted by atomic mass is 9.88. The van der Waals surface area contributed by atoms with Crippen molar-refractivity contribution in [1.29, 1.82) is 0 Å². The van der Waals surface area contributed by atoms with Gasteiger partial charge in [-0.25, -0.2) is 19.2 Å². The number of amides is 1. The van der Waals surface area contributed by atoms with Gasteiger partial charge in [-0.3, -0.25) is 9.59 Å². The summed E-state index contributed by atoms with van der Waals surface area (Å²) in [7, 11) is 1.86. The van der Waals surface area contributed by atoms with E-state index in [4.69, 9.17) is 18.9 Å². The molecule has 0 aliphatic heterocycles. The predicted molar refractivity (Wildman–Crippen MR) is 222 cm³/mol. The number of anilines is 2. The van der Waals surface area contributed by atoms with Crippen LogP contribution in [0.1, 0.15) is 84.5 Å². The number of rotatable bonds is 16. The van der Waals surface area contributed by atoms with Gasteiger partial charge in [0.1, 0.15) is 26.4 Å². The lowest BCUT2D eigenvalue weighted by Crippen LogP contribution is -2.20. The molecule has 0 atom stereocenters. The average Bonchev–Trinajstić information content (AvgIpc) is 3.17. The van der Waals surface area contributed by atoms with Gasteiger partial charge in [0.05, 0.1) is 16.7 Å². The number of carbonyl (C=O) groups is 6. The topological polar surface area (TPSA) is 163 Å². The third kappa shape index (κ3) is 10.7. The van der Waals surface area contributed by atoms with Crippen molar-refractivity contribution in [3.63, 3.8) is 0 Å². The Kier molecular flexibility index (Phi) is 14.7. The minimum absolute atomic E-state index is 0.00681. The van der Waals surface area contributed by atoms with Crippen molar-refractivity contribution in [1.82, 2.24) is 0 Å². The lowest BCUT2D eigenvalue weighted by molar-refractivity contribution is -0.140. The minimum Gasteiger partial charge on any atom is -0.459 e. The number of nitrogens with one attached hydrogen (secondary N) is 2. The first kappa shape index (κ1) is 43.9. The fraction of sp³-hybridized carbons (Fsp3) is 0.261. The second-order valence-electron chi connectivity index (χ2n) is 13.8. The molecule has 0 unspecified atom stereocenters. The summed E-state index contributed by atoms with van der Waals surface area (Å²) in [6.45, 7) is 17.8. The molecule has 0 spiro atoms. The van der Waals surface area contributed by atoms with Crippen molar-refractivity contribution in [2.75, 3.05) is 44.1 Å². The zero-order chi connectivity index (χ0) is 42.8. The maximum Gasteiger partial charge on any atom is 0.339 e. The van der Waals surface area contributed by atoms with Crippen LogP contribution in [0.4, 0.5) is 11.4 Å². The smallest absolute Gasteiger partial charge is 0.339 e. The van der Waals surface area contributed by atoms with Gasteiger partial charge in [0.15, 0.2) is 5.78 Å². The third-order valence-electron chi connectivity index (χ3n) is 9.17. The van der Waals surface area contributed by atoms with E-state index in [1.165, 1.54) is 32.9 Å². The summed E-state index contributed by atoms with van der Waals surface area (Å²) in [6, 6.07) is 17.7. The van der Waals surface area contributed by atoms with Crippen LogP contribution in [0.15, 0.2) is 85.0 Å². The summed E-state index contributed by atoms with van der Waals surface area (Å²) in [5.41, 5.74) is 7.96. The molecule has 12 heteroatoms. The van der Waals surface area contributed by atoms with E-state index in [1.807, 2.05) is 45.2 Å². The van der Waals surface area contributed by atoms with E-state index < -0.39 is 29.8 Å². The second kappa shape index (κ2) is 19.4. The quantitative estimate of drug-likeness (QED) is 0.0369. The Morgan fingerprint density at radius 3 is 1.33 bits per heavy atom. The molecule has 0 bridgehead atoms. The van der Waals surface area contributed by atoms with Crippen LogP contribution in [-0.2, 0) is 28.5 Å². The molecule has 2 N–H and O–H groups in total. The van der Waals surface area contributed by atoms with Crippen LogP contribution in [0.3, 0.4) is 0 Å². The Balaban J connectivity index is 1.72. The summed E-state index contributed by atoms with van der Waals surface area (Å²) < 4.78 is 20.9. The molecule has 4 aromatic rings. The maximum absolute atomic E-state index is 14.0. The molecule has 0 heterocycles. The normalized spacial score (nSPS) is 10.6. The summed E-state index contributed by atoms with van der Waals surface area (Å²) in [6.07, 6.45) is 0. The number of esters is 4. The number of ether oxygens (including phenoxy) is 4. The molecule has 0 saturated carbocycles. The van der Waals surface area contributed by atoms with Crippen LogP contribution in [0.5, 0.6) is 0 Å². The maximum atomic E-state index is 14.0. The molecule has 302 valence electrons. The van der Waals surface area contributed by atoms with E-state index in [0.717, 1.165) is 27.9 Å². The summed E-state index contributed by atoms with van der Waals surface area (Å²) in [5, 5.41) is 6.05. The fourth-order valence-corrected chi connectivity index (χ4v) is 6.12. The Bertz CT molecular complexity index is 2340. The monoisotopic (exact) mass is 788 g/mol. The number of carbonyl (C=O) groups excluding carboxylic acids is 6. The molecule has 12 nitrogen and oxygen atoms in total. The molecular weight excluding hydrogens is 741 g/mol. The van der Waals surface area contributed by atoms with E-state index in [1.54, 1.807) is 32.0 Å². The van der Waals surface area contributed by atoms with E-state index in [2.05, 4.69) is 29.9 Å². The van der Waals surface area contributed by atoms with Gasteiger partial charge >= 0.3 is 23.9 Å². The lowest BCUT2D eigenvalue weighted by Gasteiger charge is -2.18. The van der Waals surface area contributed by atoms with Gasteiger partial charge in [-0.15, -0.1) is 0 Å². The van der Waals surface area contributed by atoms with Crippen LogP contribution in [0.2, 0.25) is 0 Å². The largest absolute Gasteiger partial charge is 0.459 e. The standard InChI is InChI=1S/C46H48N2O10/c1-25(2)43(51)55-15-17-57-45(53)40-23-36(29(7)21-38(40)31(9)49)37-24-41(46(54)58-18-16-56-44(52)26(3)4)39(22-30(37)8)42(50)48-33-12-14-35(28(6)20-33)34-13-11-32(47-10)19-27(34)5/h11-14,19-24,47H,1,3,15-18H2,2,4-10H3,(H,48,50). The average molecular weight is 789 g/mol. The highest BCUT2D eigenvalue weighted by atomic mass is 16.6. The highest BCUT2D eigenvalue weighted by Gasteiger charge is 2.25. The molecule has 0 radical (unpaired) electrons. The van der Waals surface area contributed by atoms with E-state index in [0.29, 0.717) is 27.9 Å². The van der Waals surface area contributed by atoms with Crippen LogP contribution in [0.25, 0.3) is 22.3 Å². The fourth-order valence-electron chi connectivity index (χ4n) is 6.12. The molecular formula is C46H48N2O10. The molecule has 0 fully saturated rings. The Morgan fingerprint density at radius 2 is 0.897 bits per heavy atom. The molecule has 0 saturated heterocycles. The number of benzene rings is 4. The second-order valence-corrected chi connectivity index (χ2v) is 13.8. The molecule has 1 amide bonds. The number of hydrogen-bond donors (Lipinski definition) is 2. The Hall–Kier alpha value is -6.82. The van der Waals surface area contributed by atoms with Gasteiger partial charge < -0.3 is 29.6 Å². The van der Waals surface area contributed by atoms with E-state index in [9.17, 15) is 28.8 Å². The van der Waals surface area contributed by atoms with Crippen LogP contribution in [-0.4, -0.2) is 69.0 Å². The van der Waals surface area contributed by atoms with Crippen molar-refractivity contribution in [2.24, 2.45) is 0 Å². The minimum atomic E-state index is -0.869. The van der Waals surface area contributed by atoms with E-state index >= 15 is 0 Å². The van der Waals surface area contributed by atoms with Crippen molar-refractivity contribution in [3.8, 4) is 22.3 Å². The Labute approximate surface area is 338 Å². The van der Waals surface area contributed by atoms with Gasteiger partial charge in [0, 0.05) is 35.1 Å². The van der Waals surface area contributed by atoms with Crippen molar-refractivity contribution in [3.05, 3.63) is 129 Å². The first-order chi connectivity index (χ1) is 27.4. The zero-order valence-corrected chi connectivity index (χ0v) is 34.1. The highest BCUT2D eigenvalue weighted by Crippen LogP contribution is 2.34. The van der Waals surface area contributed by atoms with Crippen LogP contribution < -0.4 is 10.6 Å². The SMILES string of the molecule is C=C(C)C(=O)OCCOC(=O)c1cc(-c2cc(C(=O)OCCOC(=O)C(=C)C)c(C(=O)Nc3ccc(-c4ccc(NC)cc4C)c(C)c3)cc2C)c(C)cc1C(C)=O. The van der Waals surface area contributed by atoms with Gasteiger partial charge in [0.2, 0.25) is 0 Å². The summed E-state index contributed by atoms with van der Waals surface area (Å²) in [5.74, 6) is -3.96. The van der Waals surface area contributed by atoms with Gasteiger partial charge in [-0.1, -0.05) is 25.3 Å². The van der Waals surface area contributed by atoms with E-state index in [-0.39, 0.29) is 65.6 Å². The van der Waals surface area contributed by atoms with Crippen molar-refractivity contribution in [2.45, 2.75) is 48.5 Å². The van der Waals surface area contributed by atoms with Gasteiger partial charge in [0.25, 0.3) is 5.91 Å². The Morgan fingerprint density at radius 1 is 0.500 bits per heavy atom. The number of ketones is 1. The van der Waals surface area contributed by atoms with Crippen LogP contribution in [0, 0.1) is 27.7 Å². The van der Waals surface area contributed by atoms with Gasteiger partial charge in [-0.05, 0) is 142 Å². The first-order valence-corrected chi connectivity index (χ1v) is 18.4. The summed E-state index contributed by atoms with van der Waals surface area (Å²) in [4.78, 5) is 77.4. The highest BCUT2D eigenvalue weighted by molar-refractivity contribution is 6.12. The predicted octanol–water partition coefficient (Wildman–Crippen LogP) is 8.30. The first-order valence-electron chi connectivity index (χ1n) is 18.4. The molecule has 4 aromatic carbocycles. The van der Waals surface area contributed by atoms with Gasteiger partial charge in [-0.2, -0.15) is 0 Å². The molecule has 0 aromatic heterocycles. The number of Topliss-reactive ketones (excluding diaryl/α,β-unsaturated/α-hetero) is 1. The molecule has 0 aliphatic rings. The summed E-state index contributed by atoms with van der Waals surface area (Å²) >= 11 is 0. The third-order valence-corrected chi connectivity index (χ3v) is 9.17. The zero-order valence-electron chi connectivity index (χ0n) is 34.1. The number of aryl methyl sites for hydroxylation is 4. The van der Waals surface area contributed by atoms with Crippen LogP contribution >= 0.6 is 0 Å². The van der Waals surface area contributed by atoms with Crippen molar-refractivity contribution < 1.29 is 47.7 Å². The molecule has 0 aliphatic carbocycles.